The molecule has 1 aliphatic heterocycles. The summed E-state index contributed by atoms with van der Waals surface area (Å²) in [6, 6.07) is 0.201. The van der Waals surface area contributed by atoms with Gasteiger partial charge < -0.3 is 15.0 Å². The Bertz CT molecular complexity index is 207. The molecular formula is C11H22N2O2. The molecule has 4 nitrogen and oxygen atoms in total. The summed E-state index contributed by atoms with van der Waals surface area (Å²) < 4.78 is 5.09. The van der Waals surface area contributed by atoms with Gasteiger partial charge in [0.2, 0.25) is 5.91 Å². The lowest BCUT2D eigenvalue weighted by molar-refractivity contribution is -0.139. The van der Waals surface area contributed by atoms with Crippen LogP contribution in [0.3, 0.4) is 0 Å². The van der Waals surface area contributed by atoms with Gasteiger partial charge in [-0.1, -0.05) is 6.92 Å². The molecule has 4 heteroatoms. The average Bonchev–Trinajstić information content (AvgIpc) is 2.22. The van der Waals surface area contributed by atoms with Crippen molar-refractivity contribution in [2.75, 3.05) is 26.8 Å². The first-order valence-corrected chi connectivity index (χ1v) is 5.73. The number of carbonyl (C=O) groups excluding carboxylic acids is 1. The van der Waals surface area contributed by atoms with Gasteiger partial charge in [-0.2, -0.15) is 0 Å². The molecule has 15 heavy (non-hydrogen) atoms. The van der Waals surface area contributed by atoms with E-state index in [1.54, 1.807) is 7.11 Å². The first-order chi connectivity index (χ1) is 7.20. The third-order valence-corrected chi connectivity index (χ3v) is 2.86. The van der Waals surface area contributed by atoms with Crippen LogP contribution in [-0.2, 0) is 9.53 Å². The van der Waals surface area contributed by atoms with Gasteiger partial charge in [-0.15, -0.1) is 0 Å². The Labute approximate surface area is 92.0 Å². The van der Waals surface area contributed by atoms with E-state index in [0.29, 0.717) is 6.61 Å². The molecule has 1 heterocycles. The lowest BCUT2D eigenvalue weighted by atomic mass is 10.0. The Morgan fingerprint density at radius 3 is 3.00 bits per heavy atom. The van der Waals surface area contributed by atoms with Gasteiger partial charge in [-0.3, -0.25) is 4.79 Å². The normalized spacial score (nSPS) is 24.3. The Morgan fingerprint density at radius 2 is 2.40 bits per heavy atom. The number of hydrogen-bond acceptors (Lipinski definition) is 3. The SMILES string of the molecule is CCNC1CCCN(C(C)COC)C1=O. The molecule has 1 saturated heterocycles. The highest BCUT2D eigenvalue weighted by atomic mass is 16.5. The van der Waals surface area contributed by atoms with E-state index >= 15 is 0 Å². The molecule has 88 valence electrons. The van der Waals surface area contributed by atoms with Crippen molar-refractivity contribution in [3.05, 3.63) is 0 Å². The van der Waals surface area contributed by atoms with E-state index in [1.165, 1.54) is 0 Å². The van der Waals surface area contributed by atoms with Crippen molar-refractivity contribution >= 4 is 5.91 Å². The summed E-state index contributed by atoms with van der Waals surface area (Å²) in [5.41, 5.74) is 0. The van der Waals surface area contributed by atoms with Crippen molar-refractivity contribution in [2.24, 2.45) is 0 Å². The van der Waals surface area contributed by atoms with Gasteiger partial charge in [-0.05, 0) is 26.3 Å². The maximum Gasteiger partial charge on any atom is 0.240 e. The van der Waals surface area contributed by atoms with Crippen LogP contribution in [-0.4, -0.2) is 49.7 Å². The Kier molecular flexibility index (Phi) is 5.05. The first-order valence-electron chi connectivity index (χ1n) is 5.73. The van der Waals surface area contributed by atoms with E-state index in [2.05, 4.69) is 5.32 Å². The Hall–Kier alpha value is -0.610. The molecule has 1 fully saturated rings. The predicted molar refractivity (Wildman–Crippen MR) is 59.7 cm³/mol. The molecule has 1 aliphatic rings. The van der Waals surface area contributed by atoms with E-state index in [-0.39, 0.29) is 18.0 Å². The molecule has 2 atom stereocenters. The molecule has 0 spiro atoms. The van der Waals surface area contributed by atoms with Crippen molar-refractivity contribution < 1.29 is 9.53 Å². The highest BCUT2D eigenvalue weighted by Gasteiger charge is 2.30. The second kappa shape index (κ2) is 6.08. The lowest BCUT2D eigenvalue weighted by Crippen LogP contribution is -2.54. The Morgan fingerprint density at radius 1 is 1.67 bits per heavy atom. The fraction of sp³-hybridized carbons (Fsp3) is 0.909. The molecule has 0 bridgehead atoms. The number of nitrogens with one attached hydrogen (secondary N) is 1. The Balaban J connectivity index is 2.53. The molecule has 1 rings (SSSR count). The van der Waals surface area contributed by atoms with Gasteiger partial charge in [0.15, 0.2) is 0 Å². The molecule has 2 unspecified atom stereocenters. The van der Waals surface area contributed by atoms with Crippen LogP contribution in [0.15, 0.2) is 0 Å². The largest absolute Gasteiger partial charge is 0.383 e. The van der Waals surface area contributed by atoms with Gasteiger partial charge >= 0.3 is 0 Å². The summed E-state index contributed by atoms with van der Waals surface area (Å²) in [4.78, 5) is 14.0. The summed E-state index contributed by atoms with van der Waals surface area (Å²) in [5.74, 6) is 0.229. The van der Waals surface area contributed by atoms with Gasteiger partial charge in [0.25, 0.3) is 0 Å². The number of likely N-dealkylation sites (N-methyl/N-ethyl adjacent to an activating group) is 1. The highest BCUT2D eigenvalue weighted by molar-refractivity contribution is 5.82. The maximum atomic E-state index is 12.0. The van der Waals surface area contributed by atoms with Crippen molar-refractivity contribution in [1.29, 1.82) is 0 Å². The summed E-state index contributed by atoms with van der Waals surface area (Å²) >= 11 is 0. The molecule has 0 radical (unpaired) electrons. The summed E-state index contributed by atoms with van der Waals surface area (Å²) in [6.07, 6.45) is 2.04. The molecular weight excluding hydrogens is 192 g/mol. The summed E-state index contributed by atoms with van der Waals surface area (Å²) in [6.45, 7) is 6.40. The van der Waals surface area contributed by atoms with E-state index in [4.69, 9.17) is 4.74 Å². The van der Waals surface area contributed by atoms with Crippen molar-refractivity contribution in [3.8, 4) is 0 Å². The summed E-state index contributed by atoms with van der Waals surface area (Å²) in [5, 5.41) is 3.23. The van der Waals surface area contributed by atoms with Crippen molar-refractivity contribution in [3.63, 3.8) is 0 Å². The van der Waals surface area contributed by atoms with E-state index in [1.807, 2.05) is 18.7 Å². The fourth-order valence-corrected chi connectivity index (χ4v) is 2.10. The first kappa shape index (κ1) is 12.5. The second-order valence-corrected chi connectivity index (χ2v) is 4.09. The molecule has 1 N–H and O–H groups in total. The molecule has 1 amide bonds. The standard InChI is InChI=1S/C11H22N2O2/c1-4-12-10-6-5-7-13(11(10)14)9(2)8-15-3/h9-10,12H,4-8H2,1-3H3. The second-order valence-electron chi connectivity index (χ2n) is 4.09. The van der Waals surface area contributed by atoms with Gasteiger partial charge in [-0.25, -0.2) is 0 Å². The zero-order valence-electron chi connectivity index (χ0n) is 9.95. The number of amides is 1. The van der Waals surface area contributed by atoms with E-state index in [0.717, 1.165) is 25.9 Å². The number of methoxy groups -OCH3 is 1. The number of nitrogens with zero attached hydrogens (tertiary/aromatic N) is 1. The lowest BCUT2D eigenvalue weighted by Gasteiger charge is -2.36. The zero-order valence-corrected chi connectivity index (χ0v) is 9.95. The quantitative estimate of drug-likeness (QED) is 0.729. The van der Waals surface area contributed by atoms with Gasteiger partial charge in [0.05, 0.1) is 18.7 Å². The molecule has 0 aliphatic carbocycles. The van der Waals surface area contributed by atoms with Crippen molar-refractivity contribution in [1.82, 2.24) is 10.2 Å². The number of ether oxygens (including phenoxy) is 1. The number of piperidine rings is 1. The fourth-order valence-electron chi connectivity index (χ4n) is 2.10. The van der Waals surface area contributed by atoms with Crippen LogP contribution < -0.4 is 5.32 Å². The number of carbonyl (C=O) groups is 1. The number of rotatable bonds is 5. The van der Waals surface area contributed by atoms with E-state index in [9.17, 15) is 4.79 Å². The van der Waals surface area contributed by atoms with Crippen LogP contribution in [0, 0.1) is 0 Å². The van der Waals surface area contributed by atoms with E-state index < -0.39 is 0 Å². The van der Waals surface area contributed by atoms with Crippen molar-refractivity contribution in [2.45, 2.75) is 38.8 Å². The third-order valence-electron chi connectivity index (χ3n) is 2.86. The van der Waals surface area contributed by atoms with Crippen LogP contribution >= 0.6 is 0 Å². The number of hydrogen-bond donors (Lipinski definition) is 1. The smallest absolute Gasteiger partial charge is 0.240 e. The average molecular weight is 214 g/mol. The topological polar surface area (TPSA) is 41.6 Å². The monoisotopic (exact) mass is 214 g/mol. The highest BCUT2D eigenvalue weighted by Crippen LogP contribution is 2.14. The van der Waals surface area contributed by atoms with Crippen LogP contribution in [0.2, 0.25) is 0 Å². The predicted octanol–water partition coefficient (Wildman–Crippen LogP) is 0.622. The minimum absolute atomic E-state index is 0.0167. The maximum absolute atomic E-state index is 12.0. The minimum atomic E-state index is 0.0167. The van der Waals surface area contributed by atoms with Gasteiger partial charge in [0, 0.05) is 13.7 Å². The molecule has 0 saturated carbocycles. The minimum Gasteiger partial charge on any atom is -0.383 e. The number of likely N-dealkylation sites (tertiary alicyclic amines) is 1. The zero-order chi connectivity index (χ0) is 11.3. The molecule has 0 aromatic heterocycles. The van der Waals surface area contributed by atoms with Crippen LogP contribution in [0.4, 0.5) is 0 Å². The van der Waals surface area contributed by atoms with Crippen LogP contribution in [0.25, 0.3) is 0 Å². The summed E-state index contributed by atoms with van der Waals surface area (Å²) in [7, 11) is 1.67. The molecule has 0 aromatic rings. The molecule has 0 aromatic carbocycles. The van der Waals surface area contributed by atoms with Crippen LogP contribution in [0.5, 0.6) is 0 Å². The third kappa shape index (κ3) is 3.18. The van der Waals surface area contributed by atoms with Crippen LogP contribution in [0.1, 0.15) is 26.7 Å². The van der Waals surface area contributed by atoms with Gasteiger partial charge in [0.1, 0.15) is 0 Å².